The zero-order chi connectivity index (χ0) is 10.4. The zero-order valence-electron chi connectivity index (χ0n) is 8.88. The lowest BCUT2D eigenvalue weighted by Crippen LogP contribution is -2.45. The summed E-state index contributed by atoms with van der Waals surface area (Å²) in [6.45, 7) is 1.14. The molecule has 0 aliphatic heterocycles. The third-order valence-electron chi connectivity index (χ3n) is 3.02. The summed E-state index contributed by atoms with van der Waals surface area (Å²) in [4.78, 5) is 11.0. The molecule has 0 spiro atoms. The number of carbonyl (C=O) groups is 1. The van der Waals surface area contributed by atoms with E-state index in [0.29, 0.717) is 18.5 Å². The van der Waals surface area contributed by atoms with E-state index in [1.165, 1.54) is 19.3 Å². The van der Waals surface area contributed by atoms with Gasteiger partial charge in [-0.05, 0) is 25.3 Å². The van der Waals surface area contributed by atoms with Gasteiger partial charge in [0.1, 0.15) is 0 Å². The number of amides is 1. The molecule has 0 bridgehead atoms. The van der Waals surface area contributed by atoms with Gasteiger partial charge >= 0.3 is 0 Å². The Morgan fingerprint density at radius 1 is 1.43 bits per heavy atom. The van der Waals surface area contributed by atoms with Crippen molar-refractivity contribution in [2.24, 2.45) is 11.7 Å². The summed E-state index contributed by atoms with van der Waals surface area (Å²) >= 11 is 0. The fraction of sp³-hybridized carbons (Fsp3) is 0.900. The van der Waals surface area contributed by atoms with Gasteiger partial charge in [0.15, 0.2) is 0 Å². The molecule has 0 aromatic heterocycles. The van der Waals surface area contributed by atoms with Gasteiger partial charge in [-0.3, -0.25) is 4.79 Å². The molecule has 1 amide bonds. The molecule has 82 valence electrons. The molecule has 2 unspecified atom stereocenters. The maximum absolute atomic E-state index is 11.0. The van der Waals surface area contributed by atoms with Crippen molar-refractivity contribution in [2.45, 2.75) is 31.7 Å². The molecule has 14 heavy (non-hydrogen) atoms. The molecule has 0 saturated heterocycles. The molecule has 1 aliphatic rings. The third kappa shape index (κ3) is 3.27. The van der Waals surface area contributed by atoms with E-state index in [-0.39, 0.29) is 5.91 Å². The van der Waals surface area contributed by atoms with E-state index < -0.39 is 0 Å². The van der Waals surface area contributed by atoms with Crippen molar-refractivity contribution in [2.75, 3.05) is 20.1 Å². The van der Waals surface area contributed by atoms with Crippen molar-refractivity contribution < 1.29 is 4.79 Å². The Kier molecular flexibility index (Phi) is 4.90. The minimum atomic E-state index is 0.0475. The van der Waals surface area contributed by atoms with Crippen LogP contribution in [0.4, 0.5) is 0 Å². The van der Waals surface area contributed by atoms with Gasteiger partial charge in [-0.15, -0.1) is 0 Å². The highest BCUT2D eigenvalue weighted by atomic mass is 16.1. The molecule has 1 saturated carbocycles. The molecule has 4 heteroatoms. The predicted octanol–water partition coefficient (Wildman–Crippen LogP) is -0.160. The van der Waals surface area contributed by atoms with Gasteiger partial charge in [-0.1, -0.05) is 12.8 Å². The van der Waals surface area contributed by atoms with Crippen LogP contribution in [0.3, 0.4) is 0 Å². The molecule has 0 radical (unpaired) electrons. The first-order valence-corrected chi connectivity index (χ1v) is 5.42. The van der Waals surface area contributed by atoms with Gasteiger partial charge in [0.2, 0.25) is 5.91 Å². The van der Waals surface area contributed by atoms with Crippen LogP contribution in [0.15, 0.2) is 0 Å². The van der Waals surface area contributed by atoms with E-state index >= 15 is 0 Å². The maximum Gasteiger partial charge on any atom is 0.233 e. The zero-order valence-corrected chi connectivity index (χ0v) is 8.88. The smallest absolute Gasteiger partial charge is 0.233 e. The van der Waals surface area contributed by atoms with Crippen molar-refractivity contribution in [3.63, 3.8) is 0 Å². The molecule has 4 N–H and O–H groups in total. The molecule has 0 heterocycles. The van der Waals surface area contributed by atoms with E-state index in [1.807, 2.05) is 0 Å². The highest BCUT2D eigenvalue weighted by Gasteiger charge is 2.23. The predicted molar refractivity (Wildman–Crippen MR) is 56.9 cm³/mol. The summed E-state index contributed by atoms with van der Waals surface area (Å²) in [5, 5.41) is 5.89. The maximum atomic E-state index is 11.0. The van der Waals surface area contributed by atoms with Crippen LogP contribution in [0, 0.1) is 5.92 Å². The first kappa shape index (κ1) is 11.5. The van der Waals surface area contributed by atoms with Gasteiger partial charge in [0, 0.05) is 13.1 Å². The average molecular weight is 199 g/mol. The molecule has 0 aromatic rings. The molecule has 0 aromatic carbocycles. The Labute approximate surface area is 85.6 Å². The molecule has 2 atom stereocenters. The Morgan fingerprint density at radius 3 is 2.79 bits per heavy atom. The van der Waals surface area contributed by atoms with E-state index in [9.17, 15) is 4.79 Å². The van der Waals surface area contributed by atoms with Crippen LogP contribution >= 0.6 is 0 Å². The Hall–Kier alpha value is -0.610. The largest absolute Gasteiger partial charge is 0.358 e. The molecular weight excluding hydrogens is 178 g/mol. The lowest BCUT2D eigenvalue weighted by Gasteiger charge is -2.31. The Morgan fingerprint density at radius 2 is 2.14 bits per heavy atom. The van der Waals surface area contributed by atoms with E-state index in [0.717, 1.165) is 13.0 Å². The molecule has 1 fully saturated rings. The van der Waals surface area contributed by atoms with Crippen LogP contribution in [0.1, 0.15) is 25.7 Å². The van der Waals surface area contributed by atoms with Crippen molar-refractivity contribution >= 4 is 5.91 Å². The number of likely N-dealkylation sites (N-methyl/N-ethyl adjacent to an activating group) is 1. The standard InChI is InChI=1S/C10H21N3O/c1-12-10(14)7-13-9-5-3-2-4-8(9)6-11/h8-9,13H,2-7,11H2,1H3,(H,12,14). The first-order valence-electron chi connectivity index (χ1n) is 5.42. The number of hydrogen-bond donors (Lipinski definition) is 3. The second kappa shape index (κ2) is 5.98. The van der Waals surface area contributed by atoms with Gasteiger partial charge in [0.05, 0.1) is 6.54 Å². The number of nitrogens with two attached hydrogens (primary N) is 1. The Balaban J connectivity index is 2.29. The molecule has 4 nitrogen and oxygen atoms in total. The SMILES string of the molecule is CNC(=O)CNC1CCCCC1CN. The number of carbonyl (C=O) groups excluding carboxylic acids is 1. The number of hydrogen-bond acceptors (Lipinski definition) is 3. The van der Waals surface area contributed by atoms with Gasteiger partial charge in [0.25, 0.3) is 0 Å². The fourth-order valence-electron chi connectivity index (χ4n) is 2.07. The van der Waals surface area contributed by atoms with E-state index in [4.69, 9.17) is 5.73 Å². The Bertz CT molecular complexity index is 184. The molecule has 1 rings (SSSR count). The fourth-order valence-corrected chi connectivity index (χ4v) is 2.07. The van der Waals surface area contributed by atoms with Crippen LogP contribution in [0.5, 0.6) is 0 Å². The second-order valence-electron chi connectivity index (χ2n) is 3.94. The van der Waals surface area contributed by atoms with E-state index in [2.05, 4.69) is 10.6 Å². The molecule has 1 aliphatic carbocycles. The first-order chi connectivity index (χ1) is 6.77. The van der Waals surface area contributed by atoms with Gasteiger partial charge in [-0.25, -0.2) is 0 Å². The van der Waals surface area contributed by atoms with Crippen molar-refractivity contribution in [3.8, 4) is 0 Å². The minimum absolute atomic E-state index is 0.0475. The highest BCUT2D eigenvalue weighted by molar-refractivity contribution is 5.77. The lowest BCUT2D eigenvalue weighted by atomic mass is 9.84. The van der Waals surface area contributed by atoms with Crippen LogP contribution in [-0.2, 0) is 4.79 Å². The summed E-state index contributed by atoms with van der Waals surface area (Å²) in [6, 6.07) is 0.436. The monoisotopic (exact) mass is 199 g/mol. The van der Waals surface area contributed by atoms with E-state index in [1.54, 1.807) is 7.05 Å². The van der Waals surface area contributed by atoms with Crippen LogP contribution in [-0.4, -0.2) is 32.1 Å². The van der Waals surface area contributed by atoms with Crippen LogP contribution < -0.4 is 16.4 Å². The molecular formula is C10H21N3O. The normalized spacial score (nSPS) is 27.3. The summed E-state index contributed by atoms with van der Waals surface area (Å²) in [5.74, 6) is 0.597. The minimum Gasteiger partial charge on any atom is -0.358 e. The summed E-state index contributed by atoms with van der Waals surface area (Å²) in [6.07, 6.45) is 4.88. The topological polar surface area (TPSA) is 67.2 Å². The summed E-state index contributed by atoms with van der Waals surface area (Å²) in [7, 11) is 1.66. The summed E-state index contributed by atoms with van der Waals surface area (Å²) < 4.78 is 0. The van der Waals surface area contributed by atoms with Crippen LogP contribution in [0.25, 0.3) is 0 Å². The lowest BCUT2D eigenvalue weighted by molar-refractivity contribution is -0.120. The second-order valence-corrected chi connectivity index (χ2v) is 3.94. The van der Waals surface area contributed by atoms with Crippen molar-refractivity contribution in [1.82, 2.24) is 10.6 Å². The van der Waals surface area contributed by atoms with Gasteiger partial charge < -0.3 is 16.4 Å². The highest BCUT2D eigenvalue weighted by Crippen LogP contribution is 2.23. The van der Waals surface area contributed by atoms with Crippen LogP contribution in [0.2, 0.25) is 0 Å². The third-order valence-corrected chi connectivity index (χ3v) is 3.02. The summed E-state index contributed by atoms with van der Waals surface area (Å²) in [5.41, 5.74) is 5.69. The number of nitrogens with one attached hydrogen (secondary N) is 2. The van der Waals surface area contributed by atoms with Crippen molar-refractivity contribution in [1.29, 1.82) is 0 Å². The van der Waals surface area contributed by atoms with Gasteiger partial charge in [-0.2, -0.15) is 0 Å². The average Bonchev–Trinajstić information content (AvgIpc) is 2.26. The van der Waals surface area contributed by atoms with Crippen molar-refractivity contribution in [3.05, 3.63) is 0 Å². The number of rotatable bonds is 4. The quantitative estimate of drug-likeness (QED) is 0.589.